The first-order valence-corrected chi connectivity index (χ1v) is 7.93. The number of nitrogens with one attached hydrogen (secondary N) is 1. The van der Waals surface area contributed by atoms with Crippen LogP contribution >= 0.6 is 0 Å². The van der Waals surface area contributed by atoms with E-state index in [4.69, 9.17) is 4.74 Å². The number of aryl methyl sites for hydroxylation is 1. The molecule has 5 nitrogen and oxygen atoms in total. The van der Waals surface area contributed by atoms with E-state index in [0.29, 0.717) is 17.9 Å². The fourth-order valence-corrected chi connectivity index (χ4v) is 2.96. The first-order valence-electron chi connectivity index (χ1n) is 7.93. The molecule has 1 aromatic rings. The number of benzene rings is 1. The summed E-state index contributed by atoms with van der Waals surface area (Å²) in [6, 6.07) is 5.80. The van der Waals surface area contributed by atoms with E-state index in [1.54, 1.807) is 13.2 Å². The molecule has 22 heavy (non-hydrogen) atoms. The molecule has 0 saturated carbocycles. The number of carbonyl (C=O) groups excluding carboxylic acids is 1. The van der Waals surface area contributed by atoms with Gasteiger partial charge in [-0.1, -0.05) is 12.5 Å². The molecule has 1 atom stereocenters. The molecule has 0 unspecified atom stereocenters. The first kappa shape index (κ1) is 16.8. The zero-order chi connectivity index (χ0) is 15.9. The molecular formula is C17H26N2O3. The molecule has 0 spiro atoms. The second-order valence-corrected chi connectivity index (χ2v) is 5.83. The van der Waals surface area contributed by atoms with E-state index in [9.17, 15) is 9.90 Å². The minimum atomic E-state index is -0.116. The summed E-state index contributed by atoms with van der Waals surface area (Å²) in [5.74, 6) is 0.484. The number of piperidine rings is 1. The number of hydrogen-bond donors (Lipinski definition) is 2. The maximum absolute atomic E-state index is 12.3. The van der Waals surface area contributed by atoms with Gasteiger partial charge in [-0.15, -0.1) is 0 Å². The standard InChI is InChI=1S/C17H26N2O3/c1-13-6-7-15(16(11-13)22-2)17(21)18-8-10-19-9-4-3-5-14(19)12-20/h6-7,11,14,20H,3-5,8-10,12H2,1-2H3,(H,18,21)/t14-/m0/s1. The fourth-order valence-electron chi connectivity index (χ4n) is 2.96. The molecular weight excluding hydrogens is 280 g/mol. The van der Waals surface area contributed by atoms with E-state index in [0.717, 1.165) is 31.5 Å². The monoisotopic (exact) mass is 306 g/mol. The van der Waals surface area contributed by atoms with Crippen LogP contribution in [0.25, 0.3) is 0 Å². The van der Waals surface area contributed by atoms with Crippen molar-refractivity contribution in [1.82, 2.24) is 10.2 Å². The summed E-state index contributed by atoms with van der Waals surface area (Å²) in [4.78, 5) is 14.5. The summed E-state index contributed by atoms with van der Waals surface area (Å²) < 4.78 is 5.27. The van der Waals surface area contributed by atoms with Gasteiger partial charge >= 0.3 is 0 Å². The third kappa shape index (κ3) is 4.21. The molecule has 0 aromatic heterocycles. The van der Waals surface area contributed by atoms with Crippen molar-refractivity contribution < 1.29 is 14.6 Å². The van der Waals surface area contributed by atoms with E-state index in [1.807, 2.05) is 19.1 Å². The number of carbonyl (C=O) groups is 1. The maximum Gasteiger partial charge on any atom is 0.255 e. The van der Waals surface area contributed by atoms with Crippen molar-refractivity contribution in [2.45, 2.75) is 32.2 Å². The van der Waals surface area contributed by atoms with Gasteiger partial charge in [-0.05, 0) is 44.0 Å². The molecule has 1 heterocycles. The largest absolute Gasteiger partial charge is 0.496 e. The molecule has 5 heteroatoms. The lowest BCUT2D eigenvalue weighted by Gasteiger charge is -2.34. The van der Waals surface area contributed by atoms with E-state index < -0.39 is 0 Å². The van der Waals surface area contributed by atoms with Crippen molar-refractivity contribution in [2.75, 3.05) is 33.4 Å². The highest BCUT2D eigenvalue weighted by atomic mass is 16.5. The van der Waals surface area contributed by atoms with Crippen LogP contribution in [0.15, 0.2) is 18.2 Å². The van der Waals surface area contributed by atoms with Crippen LogP contribution in [0.3, 0.4) is 0 Å². The molecule has 1 aliphatic heterocycles. The van der Waals surface area contributed by atoms with Crippen LogP contribution in [0.1, 0.15) is 35.2 Å². The topological polar surface area (TPSA) is 61.8 Å². The molecule has 0 aliphatic carbocycles. The van der Waals surface area contributed by atoms with Gasteiger partial charge in [-0.2, -0.15) is 0 Å². The number of ether oxygens (including phenoxy) is 1. The average Bonchev–Trinajstić information content (AvgIpc) is 2.54. The number of aliphatic hydroxyl groups excluding tert-OH is 1. The van der Waals surface area contributed by atoms with Crippen molar-refractivity contribution in [3.63, 3.8) is 0 Å². The van der Waals surface area contributed by atoms with Gasteiger partial charge < -0.3 is 15.2 Å². The van der Waals surface area contributed by atoms with Crippen LogP contribution in [0.4, 0.5) is 0 Å². The van der Waals surface area contributed by atoms with Crippen LogP contribution in [0, 0.1) is 6.92 Å². The van der Waals surface area contributed by atoms with Gasteiger partial charge in [0.1, 0.15) is 5.75 Å². The summed E-state index contributed by atoms with van der Waals surface area (Å²) in [6.45, 7) is 4.50. The normalized spacial score (nSPS) is 19.0. The number of aliphatic hydroxyl groups is 1. The van der Waals surface area contributed by atoms with Gasteiger partial charge in [0.15, 0.2) is 0 Å². The lowest BCUT2D eigenvalue weighted by molar-refractivity contribution is 0.0848. The highest BCUT2D eigenvalue weighted by Crippen LogP contribution is 2.20. The molecule has 1 aromatic carbocycles. The number of methoxy groups -OCH3 is 1. The van der Waals surface area contributed by atoms with Crippen LogP contribution in [0.5, 0.6) is 5.75 Å². The van der Waals surface area contributed by atoms with Crippen molar-refractivity contribution in [3.05, 3.63) is 29.3 Å². The number of rotatable bonds is 6. The van der Waals surface area contributed by atoms with Gasteiger partial charge in [0.2, 0.25) is 0 Å². The highest BCUT2D eigenvalue weighted by molar-refractivity contribution is 5.97. The van der Waals surface area contributed by atoms with E-state index in [-0.39, 0.29) is 18.6 Å². The SMILES string of the molecule is COc1cc(C)ccc1C(=O)NCCN1CCCC[C@H]1CO. The lowest BCUT2D eigenvalue weighted by Crippen LogP contribution is -2.45. The molecule has 1 amide bonds. The molecule has 0 bridgehead atoms. The molecule has 1 aliphatic rings. The van der Waals surface area contributed by atoms with Gasteiger partial charge in [0.25, 0.3) is 5.91 Å². The molecule has 0 radical (unpaired) electrons. The maximum atomic E-state index is 12.3. The zero-order valence-electron chi connectivity index (χ0n) is 13.5. The van der Waals surface area contributed by atoms with E-state index >= 15 is 0 Å². The van der Waals surface area contributed by atoms with Crippen molar-refractivity contribution in [3.8, 4) is 5.75 Å². The number of hydrogen-bond acceptors (Lipinski definition) is 4. The number of likely N-dealkylation sites (tertiary alicyclic amines) is 1. The first-order chi connectivity index (χ1) is 10.7. The van der Waals surface area contributed by atoms with Gasteiger partial charge in [0, 0.05) is 19.1 Å². The van der Waals surface area contributed by atoms with Crippen molar-refractivity contribution >= 4 is 5.91 Å². The van der Waals surface area contributed by atoms with E-state index in [1.165, 1.54) is 6.42 Å². The van der Waals surface area contributed by atoms with Crippen molar-refractivity contribution in [1.29, 1.82) is 0 Å². The van der Waals surface area contributed by atoms with Crippen molar-refractivity contribution in [2.24, 2.45) is 0 Å². The Balaban J connectivity index is 1.87. The van der Waals surface area contributed by atoms with Gasteiger partial charge in [-0.25, -0.2) is 0 Å². The van der Waals surface area contributed by atoms with Crippen LogP contribution in [-0.4, -0.2) is 55.3 Å². The Bertz CT molecular complexity index is 505. The summed E-state index contributed by atoms with van der Waals surface area (Å²) >= 11 is 0. The van der Waals surface area contributed by atoms with Crippen LogP contribution < -0.4 is 10.1 Å². The molecule has 2 N–H and O–H groups in total. The molecule has 1 saturated heterocycles. The quantitative estimate of drug-likeness (QED) is 0.838. The summed E-state index contributed by atoms with van der Waals surface area (Å²) in [6.07, 6.45) is 3.38. The van der Waals surface area contributed by atoms with Gasteiger partial charge in [0.05, 0.1) is 19.3 Å². The summed E-state index contributed by atoms with van der Waals surface area (Å²) in [7, 11) is 1.57. The second kappa shape index (κ2) is 8.15. The predicted molar refractivity (Wildman–Crippen MR) is 86.4 cm³/mol. The Hall–Kier alpha value is -1.59. The van der Waals surface area contributed by atoms with Crippen LogP contribution in [-0.2, 0) is 0 Å². The Morgan fingerprint density at radius 3 is 3.00 bits per heavy atom. The highest BCUT2D eigenvalue weighted by Gasteiger charge is 2.21. The van der Waals surface area contributed by atoms with Gasteiger partial charge in [-0.3, -0.25) is 9.69 Å². The molecule has 122 valence electrons. The summed E-state index contributed by atoms with van der Waals surface area (Å²) in [5, 5.41) is 12.3. The Morgan fingerprint density at radius 2 is 2.27 bits per heavy atom. The number of nitrogens with zero attached hydrogens (tertiary/aromatic N) is 1. The zero-order valence-corrected chi connectivity index (χ0v) is 13.5. The minimum absolute atomic E-state index is 0.116. The van der Waals surface area contributed by atoms with E-state index in [2.05, 4.69) is 10.2 Å². The van der Waals surface area contributed by atoms with Crippen LogP contribution in [0.2, 0.25) is 0 Å². The third-order valence-corrected chi connectivity index (χ3v) is 4.25. The molecule has 2 rings (SSSR count). The minimum Gasteiger partial charge on any atom is -0.496 e. The third-order valence-electron chi connectivity index (χ3n) is 4.25. The second-order valence-electron chi connectivity index (χ2n) is 5.83. The number of amides is 1. The predicted octanol–water partition coefficient (Wildman–Crippen LogP) is 1.58. The Kier molecular flexibility index (Phi) is 6.21. The smallest absolute Gasteiger partial charge is 0.255 e. The Labute approximate surface area is 132 Å². The summed E-state index contributed by atoms with van der Waals surface area (Å²) in [5.41, 5.74) is 1.62. The average molecular weight is 306 g/mol. The molecule has 1 fully saturated rings. The lowest BCUT2D eigenvalue weighted by atomic mass is 10.0. The Morgan fingerprint density at radius 1 is 1.45 bits per heavy atom. The fraction of sp³-hybridized carbons (Fsp3) is 0.588.